The Morgan fingerprint density at radius 3 is 2.65 bits per heavy atom. The Balaban J connectivity index is 1.39. The number of fused-ring (bicyclic) bond motifs is 1. The Bertz CT molecular complexity index is 805. The number of carbonyl (C=O) groups excluding carboxylic acids is 2. The third kappa shape index (κ3) is 4.99. The molecule has 2 aliphatic heterocycles. The van der Waals surface area contributed by atoms with Crippen LogP contribution in [0.1, 0.15) is 52.9 Å². The average Bonchev–Trinajstić information content (AvgIpc) is 3.25. The number of amides is 1. The molecule has 3 N–H and O–H groups in total. The number of likely N-dealkylation sites (N-methyl/N-ethyl adjacent to an activating group) is 1. The zero-order valence-electron chi connectivity index (χ0n) is 20.8. The van der Waals surface area contributed by atoms with E-state index in [1.54, 1.807) is 5.32 Å². The van der Waals surface area contributed by atoms with Crippen LogP contribution in [0.25, 0.3) is 0 Å². The molecule has 1 saturated heterocycles. The molecule has 6 atom stereocenters. The maximum Gasteiger partial charge on any atom is 0.407 e. The summed E-state index contributed by atoms with van der Waals surface area (Å²) in [5.74, 6) is 0.422. The molecule has 8 nitrogen and oxygen atoms in total. The number of amidine groups is 1. The Morgan fingerprint density at radius 2 is 2.03 bits per heavy atom. The number of nitrogens with zero attached hydrogens (tertiary/aromatic N) is 3. The Kier molecular flexibility index (Phi) is 7.86. The third-order valence-corrected chi connectivity index (χ3v) is 9.04. The van der Waals surface area contributed by atoms with E-state index in [4.69, 9.17) is 16.6 Å². The first-order chi connectivity index (χ1) is 16.2. The molecule has 34 heavy (non-hydrogen) atoms. The van der Waals surface area contributed by atoms with Crippen LogP contribution in [0.2, 0.25) is 0 Å². The van der Waals surface area contributed by atoms with Gasteiger partial charge < -0.3 is 15.0 Å². The van der Waals surface area contributed by atoms with Crippen LogP contribution in [-0.4, -0.2) is 103 Å². The summed E-state index contributed by atoms with van der Waals surface area (Å²) in [4.78, 5) is 34.3. The Hall–Kier alpha value is -1.29. The number of nitrogens with two attached hydrogens (primary N) is 1. The molecule has 2 aliphatic carbocycles. The SMILES string of the molecule is CCN1CCN(C2C(Cl)CC3N=C(C(=O)C4(C)CCC(NC(=O)OC)CC4)[NH2+][C@H]3C2F)[C@@H](C)C1. The number of aliphatic imine (C=N–C) groups is 1. The minimum atomic E-state index is -1.14. The van der Waals surface area contributed by atoms with Crippen molar-refractivity contribution in [2.24, 2.45) is 10.4 Å². The van der Waals surface area contributed by atoms with Crippen LogP contribution in [0.15, 0.2) is 4.99 Å². The normalized spacial score (nSPS) is 41.5. The van der Waals surface area contributed by atoms with Crippen molar-refractivity contribution < 1.29 is 24.0 Å². The standard InChI is InChI=1S/C24H39ClFN5O3/c1-5-30-10-11-31(14(2)13-30)20-16(25)12-17-19(18(20)26)29-22(28-17)21(32)24(3)8-6-15(7-9-24)27-23(33)34-4/h14-20H,5-13H2,1-4H3,(H,27,33)(H,28,29)/p+1/t14-,15?,16?,17?,18?,19+,20?,24?/m0/s1. The molecule has 2 saturated carbocycles. The molecule has 1 amide bonds. The van der Waals surface area contributed by atoms with Crippen molar-refractivity contribution in [1.82, 2.24) is 15.1 Å². The summed E-state index contributed by atoms with van der Waals surface area (Å²) in [6.45, 7) is 9.94. The number of nitrogens with one attached hydrogen (secondary N) is 1. The zero-order valence-corrected chi connectivity index (χ0v) is 21.6. The smallest absolute Gasteiger partial charge is 0.407 e. The maximum atomic E-state index is 16.0. The molecule has 0 bridgehead atoms. The summed E-state index contributed by atoms with van der Waals surface area (Å²) < 4.78 is 20.6. The van der Waals surface area contributed by atoms with E-state index >= 15 is 4.39 Å². The highest BCUT2D eigenvalue weighted by Gasteiger charge is 2.55. The molecule has 0 radical (unpaired) electrons. The maximum absolute atomic E-state index is 16.0. The fourth-order valence-electron chi connectivity index (χ4n) is 6.38. The van der Waals surface area contributed by atoms with Gasteiger partial charge in [0, 0.05) is 37.1 Å². The molecule has 2 heterocycles. The van der Waals surface area contributed by atoms with E-state index in [-0.39, 0.29) is 35.3 Å². The van der Waals surface area contributed by atoms with Crippen molar-refractivity contribution >= 4 is 29.3 Å². The molecular weight excluding hydrogens is 461 g/mol. The molecule has 0 spiro atoms. The predicted molar refractivity (Wildman–Crippen MR) is 129 cm³/mol. The zero-order chi connectivity index (χ0) is 24.6. The van der Waals surface area contributed by atoms with Crippen LogP contribution >= 0.6 is 11.6 Å². The molecule has 0 aromatic rings. The van der Waals surface area contributed by atoms with Crippen molar-refractivity contribution in [3.63, 3.8) is 0 Å². The summed E-state index contributed by atoms with van der Waals surface area (Å²) in [5, 5.41) is 4.30. The van der Waals surface area contributed by atoms with E-state index < -0.39 is 23.7 Å². The van der Waals surface area contributed by atoms with Crippen LogP contribution in [0.4, 0.5) is 9.18 Å². The predicted octanol–water partition coefficient (Wildman–Crippen LogP) is 1.32. The first-order valence-corrected chi connectivity index (χ1v) is 13.2. The number of hydrogen-bond donors (Lipinski definition) is 2. The molecule has 192 valence electrons. The number of piperazine rings is 1. The summed E-state index contributed by atoms with van der Waals surface area (Å²) in [7, 11) is 1.35. The number of alkyl halides is 2. The number of halogens is 2. The molecule has 4 aliphatic rings. The highest BCUT2D eigenvalue weighted by molar-refractivity contribution is 6.37. The van der Waals surface area contributed by atoms with E-state index in [0.717, 1.165) is 26.2 Å². The second kappa shape index (κ2) is 10.4. The van der Waals surface area contributed by atoms with Gasteiger partial charge in [0.1, 0.15) is 12.1 Å². The monoisotopic (exact) mass is 500 g/mol. The van der Waals surface area contributed by atoms with Gasteiger partial charge >= 0.3 is 6.09 Å². The van der Waals surface area contributed by atoms with Crippen molar-refractivity contribution in [1.29, 1.82) is 0 Å². The number of alkyl carbamates (subject to hydrolysis) is 1. The van der Waals surface area contributed by atoms with E-state index in [0.29, 0.717) is 37.9 Å². The second-order valence-corrected chi connectivity index (χ2v) is 11.4. The first kappa shape index (κ1) is 25.8. The van der Waals surface area contributed by atoms with Crippen LogP contribution in [0.5, 0.6) is 0 Å². The van der Waals surface area contributed by atoms with Crippen molar-refractivity contribution in [3.8, 4) is 0 Å². The van der Waals surface area contributed by atoms with Gasteiger partial charge in [-0.1, -0.05) is 13.8 Å². The van der Waals surface area contributed by atoms with E-state index in [9.17, 15) is 9.59 Å². The van der Waals surface area contributed by atoms with Gasteiger partial charge in [-0.3, -0.25) is 15.0 Å². The van der Waals surface area contributed by atoms with Gasteiger partial charge in [0.25, 0.3) is 5.84 Å². The van der Waals surface area contributed by atoms with Crippen molar-refractivity contribution in [3.05, 3.63) is 0 Å². The van der Waals surface area contributed by atoms with E-state index in [1.807, 2.05) is 6.92 Å². The summed E-state index contributed by atoms with van der Waals surface area (Å²) in [6.07, 6.45) is 1.73. The molecule has 0 aromatic carbocycles. The van der Waals surface area contributed by atoms with Gasteiger partial charge in [-0.15, -0.1) is 11.6 Å². The number of ether oxygens (including phenoxy) is 1. The fourth-order valence-corrected chi connectivity index (χ4v) is 6.84. The van der Waals surface area contributed by atoms with Gasteiger partial charge in [-0.05, 0) is 45.6 Å². The molecule has 3 fully saturated rings. The quantitative estimate of drug-likeness (QED) is 0.556. The van der Waals surface area contributed by atoms with Crippen molar-refractivity contribution in [2.45, 2.75) is 94.6 Å². The van der Waals surface area contributed by atoms with Crippen molar-refractivity contribution in [2.75, 3.05) is 33.3 Å². The molecule has 4 unspecified atom stereocenters. The molecule has 4 rings (SSSR count). The third-order valence-electron chi connectivity index (χ3n) is 8.60. The first-order valence-electron chi connectivity index (χ1n) is 12.7. The molecule has 10 heteroatoms. The lowest BCUT2D eigenvalue weighted by molar-refractivity contribution is -0.582. The second-order valence-electron chi connectivity index (χ2n) is 10.8. The number of ketones is 1. The summed E-state index contributed by atoms with van der Waals surface area (Å²) in [5.41, 5.74) is -0.548. The number of methoxy groups -OCH3 is 1. The van der Waals surface area contributed by atoms with Gasteiger partial charge in [0.15, 0.2) is 6.17 Å². The topological polar surface area (TPSA) is 90.8 Å². The average molecular weight is 501 g/mol. The van der Waals surface area contributed by atoms with Gasteiger partial charge in [-0.25, -0.2) is 14.2 Å². The number of Topliss-reactive ketones (excluding diaryl/α,β-unsaturated/α-hetero) is 1. The van der Waals surface area contributed by atoms with Gasteiger partial charge in [0.2, 0.25) is 5.78 Å². The van der Waals surface area contributed by atoms with Gasteiger partial charge in [0.05, 0.1) is 18.5 Å². The Morgan fingerprint density at radius 1 is 1.32 bits per heavy atom. The molecular formula is C24H40ClFN5O3+. The number of hydrogen-bond acceptors (Lipinski definition) is 6. The van der Waals surface area contributed by atoms with Gasteiger partial charge in [-0.2, -0.15) is 0 Å². The van der Waals surface area contributed by atoms with E-state index in [1.165, 1.54) is 7.11 Å². The van der Waals surface area contributed by atoms with E-state index in [2.05, 4.69) is 33.7 Å². The summed E-state index contributed by atoms with van der Waals surface area (Å²) in [6, 6.07) is -0.759. The van der Waals surface area contributed by atoms with Crippen LogP contribution in [0.3, 0.4) is 0 Å². The highest BCUT2D eigenvalue weighted by atomic mass is 35.5. The lowest BCUT2D eigenvalue weighted by Gasteiger charge is -2.48. The minimum Gasteiger partial charge on any atom is -0.453 e. The fraction of sp³-hybridized carbons (Fsp3) is 0.875. The largest absolute Gasteiger partial charge is 0.453 e. The van der Waals surface area contributed by atoms with Crippen LogP contribution in [0, 0.1) is 5.41 Å². The number of quaternary nitrogens is 1. The number of carbonyl (C=O) groups is 2. The summed E-state index contributed by atoms with van der Waals surface area (Å²) >= 11 is 6.78. The van der Waals surface area contributed by atoms with Crippen LogP contribution in [-0.2, 0) is 9.53 Å². The van der Waals surface area contributed by atoms with Crippen LogP contribution < -0.4 is 10.6 Å². The minimum absolute atomic E-state index is 0.00165. The Labute approximate surface area is 207 Å². The highest BCUT2D eigenvalue weighted by Crippen LogP contribution is 2.38. The lowest BCUT2D eigenvalue weighted by atomic mass is 9.71. The molecule has 0 aromatic heterocycles. The number of rotatable bonds is 5. The lowest BCUT2D eigenvalue weighted by Crippen LogP contribution is -2.97.